The number of carbonyl (C=O) groups is 1. The fraction of sp³-hybridized carbons (Fsp3) is 0.296. The summed E-state index contributed by atoms with van der Waals surface area (Å²) in [4.78, 5) is 13.4. The SMILES string of the molecule is COc1ccc(-c2cc(NC(=O)C3(c4ccc5c(c4)OCO5)CC3)ccc2C)c(OC)c1OC. The van der Waals surface area contributed by atoms with Gasteiger partial charge in [-0.25, -0.2) is 0 Å². The molecule has 1 aliphatic heterocycles. The van der Waals surface area contributed by atoms with Crippen LogP contribution in [0.4, 0.5) is 5.69 Å². The minimum Gasteiger partial charge on any atom is -0.493 e. The second-order valence-electron chi connectivity index (χ2n) is 8.52. The summed E-state index contributed by atoms with van der Waals surface area (Å²) in [6.07, 6.45) is 1.58. The number of nitrogens with one attached hydrogen (secondary N) is 1. The first kappa shape index (κ1) is 21.9. The Labute approximate surface area is 198 Å². The van der Waals surface area contributed by atoms with Gasteiger partial charge in [0.25, 0.3) is 0 Å². The number of hydrogen-bond acceptors (Lipinski definition) is 6. The van der Waals surface area contributed by atoms with Crippen LogP contribution >= 0.6 is 0 Å². The van der Waals surface area contributed by atoms with E-state index >= 15 is 0 Å². The quantitative estimate of drug-likeness (QED) is 0.529. The Kier molecular flexibility index (Phi) is 5.48. The zero-order valence-electron chi connectivity index (χ0n) is 19.7. The molecule has 2 aliphatic rings. The van der Waals surface area contributed by atoms with E-state index in [0.717, 1.165) is 40.8 Å². The molecule has 1 saturated carbocycles. The predicted octanol–water partition coefficient (Wildman–Crippen LogP) is 5.09. The molecule has 7 nitrogen and oxygen atoms in total. The van der Waals surface area contributed by atoms with Crippen molar-refractivity contribution < 1.29 is 28.5 Å². The highest BCUT2D eigenvalue weighted by Gasteiger charge is 2.51. The third-order valence-electron chi connectivity index (χ3n) is 6.60. The van der Waals surface area contributed by atoms with Gasteiger partial charge in [0.15, 0.2) is 23.0 Å². The number of rotatable bonds is 7. The van der Waals surface area contributed by atoms with Gasteiger partial charge in [-0.05, 0) is 72.9 Å². The number of methoxy groups -OCH3 is 3. The van der Waals surface area contributed by atoms with Gasteiger partial charge in [0.2, 0.25) is 18.4 Å². The van der Waals surface area contributed by atoms with Crippen LogP contribution in [-0.2, 0) is 10.2 Å². The Morgan fingerprint density at radius 3 is 2.32 bits per heavy atom. The van der Waals surface area contributed by atoms with E-state index in [4.69, 9.17) is 23.7 Å². The normalized spacial score (nSPS) is 14.9. The van der Waals surface area contributed by atoms with Crippen LogP contribution in [0.15, 0.2) is 48.5 Å². The molecular formula is C27H27NO6. The number of hydrogen-bond donors (Lipinski definition) is 1. The van der Waals surface area contributed by atoms with E-state index in [2.05, 4.69) is 5.32 Å². The number of benzene rings is 3. The molecule has 0 atom stereocenters. The first-order valence-corrected chi connectivity index (χ1v) is 11.1. The highest BCUT2D eigenvalue weighted by Crippen LogP contribution is 2.51. The fourth-order valence-corrected chi connectivity index (χ4v) is 4.52. The molecule has 1 N–H and O–H groups in total. The zero-order valence-corrected chi connectivity index (χ0v) is 19.7. The second kappa shape index (κ2) is 8.48. The summed E-state index contributed by atoms with van der Waals surface area (Å²) in [7, 11) is 4.77. The molecule has 1 amide bonds. The van der Waals surface area contributed by atoms with E-state index in [-0.39, 0.29) is 12.7 Å². The molecule has 0 saturated heterocycles. The molecule has 0 spiro atoms. The maximum atomic E-state index is 13.4. The molecule has 176 valence electrons. The third-order valence-corrected chi connectivity index (χ3v) is 6.60. The molecule has 34 heavy (non-hydrogen) atoms. The predicted molar refractivity (Wildman–Crippen MR) is 128 cm³/mol. The molecule has 1 fully saturated rings. The standard InChI is InChI=1S/C27H27NO6/c1-16-5-7-18(14-20(16)19-8-10-22(30-2)25(32-4)24(19)31-3)28-26(29)27(11-12-27)17-6-9-21-23(13-17)34-15-33-21/h5-10,13-14H,11-12,15H2,1-4H3,(H,28,29). The van der Waals surface area contributed by atoms with Crippen LogP contribution in [0.25, 0.3) is 11.1 Å². The van der Waals surface area contributed by atoms with E-state index in [9.17, 15) is 4.79 Å². The van der Waals surface area contributed by atoms with Gasteiger partial charge in [0, 0.05) is 11.3 Å². The van der Waals surface area contributed by atoms with Crippen molar-refractivity contribution in [2.45, 2.75) is 25.2 Å². The van der Waals surface area contributed by atoms with Crippen molar-refractivity contribution in [2.24, 2.45) is 0 Å². The lowest BCUT2D eigenvalue weighted by atomic mass is 9.94. The van der Waals surface area contributed by atoms with E-state index in [1.807, 2.05) is 55.5 Å². The van der Waals surface area contributed by atoms with Crippen molar-refractivity contribution in [1.29, 1.82) is 0 Å². The van der Waals surface area contributed by atoms with E-state index in [1.165, 1.54) is 0 Å². The first-order valence-electron chi connectivity index (χ1n) is 11.1. The molecule has 1 heterocycles. The summed E-state index contributed by atoms with van der Waals surface area (Å²) in [5.74, 6) is 3.07. The highest BCUT2D eigenvalue weighted by atomic mass is 16.7. The molecular weight excluding hydrogens is 434 g/mol. The smallest absolute Gasteiger partial charge is 0.235 e. The summed E-state index contributed by atoms with van der Waals surface area (Å²) < 4.78 is 27.6. The molecule has 3 aromatic rings. The molecule has 1 aliphatic carbocycles. The third kappa shape index (κ3) is 3.57. The maximum absolute atomic E-state index is 13.4. The summed E-state index contributed by atoms with van der Waals surface area (Å²) in [6, 6.07) is 15.4. The summed E-state index contributed by atoms with van der Waals surface area (Å²) in [5.41, 5.74) is 3.94. The summed E-state index contributed by atoms with van der Waals surface area (Å²) >= 11 is 0. The maximum Gasteiger partial charge on any atom is 0.235 e. The molecule has 3 aromatic carbocycles. The number of carbonyl (C=O) groups excluding carboxylic acids is 1. The lowest BCUT2D eigenvalue weighted by molar-refractivity contribution is -0.118. The largest absolute Gasteiger partial charge is 0.493 e. The van der Waals surface area contributed by atoms with Crippen molar-refractivity contribution in [3.8, 4) is 39.9 Å². The van der Waals surface area contributed by atoms with Crippen molar-refractivity contribution >= 4 is 11.6 Å². The molecule has 0 aromatic heterocycles. The highest BCUT2D eigenvalue weighted by molar-refractivity contribution is 6.02. The number of amides is 1. The molecule has 0 bridgehead atoms. The second-order valence-corrected chi connectivity index (χ2v) is 8.52. The Bertz CT molecular complexity index is 1260. The van der Waals surface area contributed by atoms with Gasteiger partial charge >= 0.3 is 0 Å². The van der Waals surface area contributed by atoms with Crippen LogP contribution in [0, 0.1) is 6.92 Å². The van der Waals surface area contributed by atoms with Crippen molar-refractivity contribution in [1.82, 2.24) is 0 Å². The van der Waals surface area contributed by atoms with Gasteiger partial charge in [-0.2, -0.15) is 0 Å². The first-order chi connectivity index (χ1) is 16.5. The lowest BCUT2D eigenvalue weighted by Crippen LogP contribution is -2.27. The lowest BCUT2D eigenvalue weighted by Gasteiger charge is -2.19. The van der Waals surface area contributed by atoms with E-state index in [1.54, 1.807) is 21.3 Å². The van der Waals surface area contributed by atoms with Gasteiger partial charge in [-0.3, -0.25) is 4.79 Å². The zero-order chi connectivity index (χ0) is 23.9. The van der Waals surface area contributed by atoms with Crippen LogP contribution < -0.4 is 29.0 Å². The molecule has 0 radical (unpaired) electrons. The number of aryl methyl sites for hydroxylation is 1. The van der Waals surface area contributed by atoms with Gasteiger partial charge in [-0.1, -0.05) is 12.1 Å². The van der Waals surface area contributed by atoms with Crippen molar-refractivity contribution in [3.05, 3.63) is 59.7 Å². The van der Waals surface area contributed by atoms with Crippen LogP contribution in [0.5, 0.6) is 28.7 Å². The van der Waals surface area contributed by atoms with E-state index in [0.29, 0.717) is 28.7 Å². The Morgan fingerprint density at radius 2 is 1.62 bits per heavy atom. The van der Waals surface area contributed by atoms with E-state index < -0.39 is 5.41 Å². The average molecular weight is 462 g/mol. The minimum absolute atomic E-state index is 0.0274. The fourth-order valence-electron chi connectivity index (χ4n) is 4.52. The molecule has 0 unspecified atom stereocenters. The Balaban J connectivity index is 1.46. The van der Waals surface area contributed by atoms with Gasteiger partial charge in [0.1, 0.15) is 0 Å². The van der Waals surface area contributed by atoms with Crippen molar-refractivity contribution in [3.63, 3.8) is 0 Å². The van der Waals surface area contributed by atoms with Crippen LogP contribution in [-0.4, -0.2) is 34.0 Å². The average Bonchev–Trinajstić information content (AvgIpc) is 3.54. The van der Waals surface area contributed by atoms with Gasteiger partial charge < -0.3 is 29.0 Å². The van der Waals surface area contributed by atoms with Crippen LogP contribution in [0.2, 0.25) is 0 Å². The molecule has 5 rings (SSSR count). The molecule has 7 heteroatoms. The Morgan fingerprint density at radius 1 is 0.853 bits per heavy atom. The topological polar surface area (TPSA) is 75.3 Å². The van der Waals surface area contributed by atoms with Crippen LogP contribution in [0.3, 0.4) is 0 Å². The minimum atomic E-state index is -0.549. The van der Waals surface area contributed by atoms with Gasteiger partial charge in [-0.15, -0.1) is 0 Å². The van der Waals surface area contributed by atoms with Crippen molar-refractivity contribution in [2.75, 3.05) is 33.4 Å². The summed E-state index contributed by atoms with van der Waals surface area (Å²) in [5, 5.41) is 3.13. The van der Waals surface area contributed by atoms with Crippen LogP contribution in [0.1, 0.15) is 24.0 Å². The number of fused-ring (bicyclic) bond motifs is 1. The number of anilines is 1. The Hall–Kier alpha value is -3.87. The van der Waals surface area contributed by atoms with Gasteiger partial charge in [0.05, 0.1) is 26.7 Å². The number of ether oxygens (including phenoxy) is 5. The monoisotopic (exact) mass is 461 g/mol. The summed E-state index contributed by atoms with van der Waals surface area (Å²) in [6.45, 7) is 2.23.